The fourth-order valence-electron chi connectivity index (χ4n) is 6.79. The van der Waals surface area contributed by atoms with Gasteiger partial charge < -0.3 is 24.4 Å². The zero-order valence-electron chi connectivity index (χ0n) is 35.7. The third kappa shape index (κ3) is 13.0. The molecule has 0 bridgehead atoms. The lowest BCUT2D eigenvalue weighted by Gasteiger charge is -2.36. The van der Waals surface area contributed by atoms with Crippen molar-refractivity contribution in [2.24, 2.45) is 17.8 Å². The fraction of sp³-hybridized carbons (Fsp3) is 0.500. The number of aromatic hydroxyl groups is 1. The van der Waals surface area contributed by atoms with Crippen molar-refractivity contribution in [3.8, 4) is 5.75 Å². The number of ether oxygens (including phenoxy) is 2. The Kier molecular flexibility index (Phi) is 17.5. The first-order valence-electron chi connectivity index (χ1n) is 19.8. The van der Waals surface area contributed by atoms with E-state index in [0.717, 1.165) is 22.3 Å². The minimum atomic E-state index is -1.08. The molecule has 0 heterocycles. The SMILES string of the molecule is CC[C@H](C)[C@H](OC(=O)[C@@H](Cc1ccc(C)cc1)N(C)C)C(=O)C[C@@H](C(=O)N(C)[C@H](Cc1ccc(O)cc1)C(=O)N(C)[C@@H](Cc1ccc(C)cc1)C(=O)OC)C(C)C. The molecular weight excluding hydrogens is 723 g/mol. The van der Waals surface area contributed by atoms with Crippen molar-refractivity contribution in [3.63, 3.8) is 0 Å². The fourth-order valence-corrected chi connectivity index (χ4v) is 6.79. The molecule has 0 unspecified atom stereocenters. The zero-order chi connectivity index (χ0) is 42.6. The van der Waals surface area contributed by atoms with Crippen LogP contribution >= 0.6 is 0 Å². The number of Topliss-reactive ketones (excluding diaryl/α,β-unsaturated/α-hetero) is 1. The van der Waals surface area contributed by atoms with E-state index in [2.05, 4.69) is 0 Å². The van der Waals surface area contributed by atoms with Crippen LogP contribution in [0.15, 0.2) is 72.8 Å². The molecule has 1 N–H and O–H groups in total. The number of carbonyl (C=O) groups excluding carboxylic acids is 5. The summed E-state index contributed by atoms with van der Waals surface area (Å²) in [7, 11) is 7.92. The minimum Gasteiger partial charge on any atom is -0.508 e. The van der Waals surface area contributed by atoms with E-state index in [4.69, 9.17) is 9.47 Å². The largest absolute Gasteiger partial charge is 0.508 e. The molecule has 11 nitrogen and oxygen atoms in total. The van der Waals surface area contributed by atoms with E-state index in [-0.39, 0.29) is 42.6 Å². The lowest BCUT2D eigenvalue weighted by atomic mass is 9.85. The summed E-state index contributed by atoms with van der Waals surface area (Å²) in [5.41, 5.74) is 4.63. The quantitative estimate of drug-likeness (QED) is 0.137. The molecular formula is C46H63N3O8. The van der Waals surface area contributed by atoms with Gasteiger partial charge in [0.2, 0.25) is 11.8 Å². The first kappa shape index (κ1) is 46.4. The Morgan fingerprint density at radius 3 is 1.51 bits per heavy atom. The Balaban J connectivity index is 1.93. The number of carbonyl (C=O) groups is 5. The number of amides is 2. The number of methoxy groups -OCH3 is 1. The molecule has 310 valence electrons. The molecule has 0 aliphatic rings. The first-order chi connectivity index (χ1) is 26.9. The highest BCUT2D eigenvalue weighted by Crippen LogP contribution is 2.26. The molecule has 6 atom stereocenters. The predicted molar refractivity (Wildman–Crippen MR) is 221 cm³/mol. The predicted octanol–water partition coefficient (Wildman–Crippen LogP) is 5.98. The van der Waals surface area contributed by atoms with Crippen LogP contribution in [0.1, 0.15) is 68.4 Å². The number of likely N-dealkylation sites (N-methyl/N-ethyl adjacent to an activating group) is 3. The smallest absolute Gasteiger partial charge is 0.328 e. The molecule has 0 saturated heterocycles. The maximum absolute atomic E-state index is 14.6. The van der Waals surface area contributed by atoms with E-state index in [1.54, 1.807) is 31.1 Å². The van der Waals surface area contributed by atoms with Crippen molar-refractivity contribution >= 4 is 29.5 Å². The van der Waals surface area contributed by atoms with Gasteiger partial charge in [0.15, 0.2) is 11.9 Å². The van der Waals surface area contributed by atoms with Crippen LogP contribution in [0.25, 0.3) is 0 Å². The molecule has 0 aromatic heterocycles. The summed E-state index contributed by atoms with van der Waals surface area (Å²) in [5, 5.41) is 9.95. The van der Waals surface area contributed by atoms with E-state index in [0.29, 0.717) is 18.4 Å². The normalized spacial score (nSPS) is 14.5. The van der Waals surface area contributed by atoms with Gasteiger partial charge >= 0.3 is 11.9 Å². The van der Waals surface area contributed by atoms with E-state index >= 15 is 0 Å². The van der Waals surface area contributed by atoms with E-state index in [1.807, 2.05) is 90.1 Å². The van der Waals surface area contributed by atoms with Gasteiger partial charge in [-0.2, -0.15) is 0 Å². The van der Waals surface area contributed by atoms with Gasteiger partial charge in [-0.1, -0.05) is 99.5 Å². The van der Waals surface area contributed by atoms with Gasteiger partial charge in [0.25, 0.3) is 0 Å². The van der Waals surface area contributed by atoms with Crippen molar-refractivity contribution in [1.29, 1.82) is 0 Å². The minimum absolute atomic E-state index is 0.0500. The van der Waals surface area contributed by atoms with Crippen LogP contribution < -0.4 is 0 Å². The number of hydrogen-bond acceptors (Lipinski definition) is 9. The average Bonchev–Trinajstić information content (AvgIpc) is 3.19. The summed E-state index contributed by atoms with van der Waals surface area (Å²) in [6, 6.07) is 19.2. The highest BCUT2D eigenvalue weighted by molar-refractivity contribution is 5.94. The monoisotopic (exact) mass is 785 g/mol. The summed E-state index contributed by atoms with van der Waals surface area (Å²) in [4.78, 5) is 74.7. The van der Waals surface area contributed by atoms with Crippen LogP contribution in [-0.4, -0.2) is 109 Å². The van der Waals surface area contributed by atoms with Crippen LogP contribution in [0.5, 0.6) is 5.75 Å². The maximum atomic E-state index is 14.6. The third-order valence-corrected chi connectivity index (χ3v) is 11.0. The lowest BCUT2D eigenvalue weighted by molar-refractivity contribution is -0.163. The van der Waals surface area contributed by atoms with E-state index < -0.39 is 53.9 Å². The third-order valence-electron chi connectivity index (χ3n) is 11.0. The van der Waals surface area contributed by atoms with Gasteiger partial charge in [-0.15, -0.1) is 0 Å². The molecule has 0 aliphatic heterocycles. The number of aryl methyl sites for hydroxylation is 2. The van der Waals surface area contributed by atoms with Crippen molar-refractivity contribution in [2.75, 3.05) is 35.3 Å². The molecule has 0 aliphatic carbocycles. The molecule has 11 heteroatoms. The van der Waals surface area contributed by atoms with Crippen molar-refractivity contribution < 1.29 is 38.6 Å². The Labute approximate surface area is 339 Å². The van der Waals surface area contributed by atoms with Crippen LogP contribution in [0.3, 0.4) is 0 Å². The number of ketones is 1. The Bertz CT molecular complexity index is 1790. The van der Waals surface area contributed by atoms with Gasteiger partial charge in [-0.3, -0.25) is 24.1 Å². The molecule has 57 heavy (non-hydrogen) atoms. The van der Waals surface area contributed by atoms with E-state index in [9.17, 15) is 29.1 Å². The molecule has 2 amide bonds. The Hall–Kier alpha value is -5.03. The van der Waals surface area contributed by atoms with Crippen LogP contribution in [0, 0.1) is 31.6 Å². The molecule has 3 aromatic carbocycles. The first-order valence-corrected chi connectivity index (χ1v) is 19.8. The summed E-state index contributed by atoms with van der Waals surface area (Å²) >= 11 is 0. The topological polar surface area (TPSA) is 134 Å². The average molecular weight is 786 g/mol. The van der Waals surface area contributed by atoms with Crippen molar-refractivity contribution in [3.05, 3.63) is 101 Å². The zero-order valence-corrected chi connectivity index (χ0v) is 35.7. The number of hydrogen-bond donors (Lipinski definition) is 1. The highest BCUT2D eigenvalue weighted by Gasteiger charge is 2.40. The standard InChI is InChI=1S/C46H63N3O8/c1-12-32(6)42(57-46(55)39(47(7)8)26-33-17-13-30(4)14-18-33)41(51)28-37(29(2)3)43(52)48(9)38(25-35-21-23-36(50)24-22-35)44(53)49(10)40(45(54)56-11)27-34-19-15-31(5)16-20-34/h13-24,29,32,37-40,42,50H,12,25-28H2,1-11H3/t32-,37+,38+,39+,40-,42-/m0/s1. The maximum Gasteiger partial charge on any atom is 0.328 e. The molecule has 3 rings (SSSR count). The number of phenols is 1. The number of benzene rings is 3. The number of rotatable bonds is 20. The molecule has 0 saturated carbocycles. The molecule has 0 fully saturated rings. The summed E-state index contributed by atoms with van der Waals surface area (Å²) in [5.74, 6) is -3.85. The van der Waals surface area contributed by atoms with Gasteiger partial charge in [-0.05, 0) is 75.5 Å². The van der Waals surface area contributed by atoms with Gasteiger partial charge in [0.1, 0.15) is 23.9 Å². The molecule has 0 radical (unpaired) electrons. The highest BCUT2D eigenvalue weighted by atomic mass is 16.5. The summed E-state index contributed by atoms with van der Waals surface area (Å²) in [6.45, 7) is 11.4. The second-order valence-electron chi connectivity index (χ2n) is 15.9. The Morgan fingerprint density at radius 2 is 1.07 bits per heavy atom. The number of phenolic OH excluding ortho intramolecular Hbond substituents is 1. The number of nitrogens with zero attached hydrogens (tertiary/aromatic N) is 3. The Morgan fingerprint density at radius 1 is 0.632 bits per heavy atom. The van der Waals surface area contributed by atoms with Crippen LogP contribution in [0.2, 0.25) is 0 Å². The summed E-state index contributed by atoms with van der Waals surface area (Å²) < 4.78 is 11.2. The van der Waals surface area contributed by atoms with Crippen LogP contribution in [-0.2, 0) is 52.7 Å². The van der Waals surface area contributed by atoms with Crippen molar-refractivity contribution in [1.82, 2.24) is 14.7 Å². The van der Waals surface area contributed by atoms with Gasteiger partial charge in [0.05, 0.1) is 7.11 Å². The van der Waals surface area contributed by atoms with Crippen molar-refractivity contribution in [2.45, 2.75) is 97.9 Å². The molecule has 3 aromatic rings. The van der Waals surface area contributed by atoms with Gasteiger partial charge in [-0.25, -0.2) is 4.79 Å². The van der Waals surface area contributed by atoms with E-state index in [1.165, 1.54) is 43.1 Å². The lowest BCUT2D eigenvalue weighted by Crippen LogP contribution is -2.55. The number of esters is 2. The molecule has 0 spiro atoms. The summed E-state index contributed by atoms with van der Waals surface area (Å²) in [6.07, 6.45) is -0.0562. The van der Waals surface area contributed by atoms with Gasteiger partial charge in [0, 0.05) is 45.2 Å². The van der Waals surface area contributed by atoms with Crippen LogP contribution in [0.4, 0.5) is 0 Å². The second kappa shape index (κ2) is 21.5. The second-order valence-corrected chi connectivity index (χ2v) is 15.9.